The van der Waals surface area contributed by atoms with Crippen molar-refractivity contribution in [3.05, 3.63) is 82.9 Å². The lowest BCUT2D eigenvalue weighted by Crippen LogP contribution is -2.28. The van der Waals surface area contributed by atoms with Crippen LogP contribution in [0.4, 0.5) is 15.6 Å². The van der Waals surface area contributed by atoms with Gasteiger partial charge in [-0.2, -0.15) is 5.10 Å². The molecule has 0 saturated heterocycles. The van der Waals surface area contributed by atoms with Crippen molar-refractivity contribution in [1.29, 1.82) is 0 Å². The second-order valence-electron chi connectivity index (χ2n) is 9.70. The molecular weight excluding hydrogens is 542 g/mol. The third kappa shape index (κ3) is 6.05. The number of benzene rings is 1. The fourth-order valence-electron chi connectivity index (χ4n) is 4.24. The number of alkyl carbamates (subject to hydrolysis) is 1. The average Bonchev–Trinajstić information content (AvgIpc) is 3.69. The van der Waals surface area contributed by atoms with Crippen LogP contribution in [0.25, 0.3) is 16.9 Å². The van der Waals surface area contributed by atoms with Gasteiger partial charge in [0, 0.05) is 52.1 Å². The number of ether oxygens (including phenoxy) is 1. The molecule has 1 aromatic carbocycles. The Kier molecular flexibility index (Phi) is 7.99. The standard InChI is InChI=1S/C28H31N9O3S/c1-18-12-23(41-24(18)27(38)34(2)3)37(29)26-25-31-14-22(20-13-32-35(4)15-20)36(25)16-21(33-26)10-11-30-28(39)40-17-19-8-6-5-7-9-19/h5-9,12-16H,10-11,17,29H2,1-4H3,(H,30,39). The van der Waals surface area contributed by atoms with Crippen molar-refractivity contribution in [1.82, 2.24) is 34.4 Å². The van der Waals surface area contributed by atoms with Crippen molar-refractivity contribution < 1.29 is 14.3 Å². The number of fused-ring (bicyclic) bond motifs is 1. The van der Waals surface area contributed by atoms with Crippen LogP contribution >= 0.6 is 11.3 Å². The fraction of sp³-hybridized carbons (Fsp3) is 0.250. The number of carbonyl (C=O) groups excluding carboxylic acids is 2. The van der Waals surface area contributed by atoms with E-state index in [4.69, 9.17) is 15.6 Å². The summed E-state index contributed by atoms with van der Waals surface area (Å²) in [7, 11) is 5.28. The summed E-state index contributed by atoms with van der Waals surface area (Å²) >= 11 is 1.29. The minimum atomic E-state index is -0.513. The summed E-state index contributed by atoms with van der Waals surface area (Å²) in [6.07, 6.45) is 7.18. The minimum Gasteiger partial charge on any atom is -0.445 e. The molecule has 0 bridgehead atoms. The zero-order chi connectivity index (χ0) is 29.1. The highest BCUT2D eigenvalue weighted by atomic mass is 32.1. The van der Waals surface area contributed by atoms with Gasteiger partial charge in [0.25, 0.3) is 5.91 Å². The summed E-state index contributed by atoms with van der Waals surface area (Å²) < 4.78 is 8.95. The van der Waals surface area contributed by atoms with E-state index in [1.165, 1.54) is 21.2 Å². The minimum absolute atomic E-state index is 0.0936. The Morgan fingerprint density at radius 1 is 1.15 bits per heavy atom. The van der Waals surface area contributed by atoms with Gasteiger partial charge in [0.05, 0.1) is 28.7 Å². The highest BCUT2D eigenvalue weighted by Gasteiger charge is 2.22. The summed E-state index contributed by atoms with van der Waals surface area (Å²) in [5.41, 5.74) is 4.63. The smallest absolute Gasteiger partial charge is 0.407 e. The normalized spacial score (nSPS) is 11.0. The molecule has 212 valence electrons. The van der Waals surface area contributed by atoms with Gasteiger partial charge in [-0.1, -0.05) is 30.3 Å². The maximum Gasteiger partial charge on any atom is 0.407 e. The molecule has 2 amide bonds. The molecule has 0 aliphatic carbocycles. The zero-order valence-electron chi connectivity index (χ0n) is 23.2. The van der Waals surface area contributed by atoms with Gasteiger partial charge in [0.2, 0.25) is 0 Å². The molecule has 4 aromatic heterocycles. The predicted molar refractivity (Wildman–Crippen MR) is 157 cm³/mol. The number of amides is 2. The van der Waals surface area contributed by atoms with Gasteiger partial charge in [0.15, 0.2) is 11.5 Å². The molecule has 0 spiro atoms. The van der Waals surface area contributed by atoms with E-state index in [9.17, 15) is 9.59 Å². The van der Waals surface area contributed by atoms with Crippen molar-refractivity contribution >= 4 is 39.8 Å². The van der Waals surface area contributed by atoms with E-state index >= 15 is 0 Å². The Hall–Kier alpha value is -4.75. The molecule has 0 aliphatic rings. The highest BCUT2D eigenvalue weighted by Crippen LogP contribution is 2.35. The largest absolute Gasteiger partial charge is 0.445 e. The number of hydrogen-bond acceptors (Lipinski definition) is 9. The van der Waals surface area contributed by atoms with Gasteiger partial charge in [-0.05, 0) is 24.1 Å². The lowest BCUT2D eigenvalue weighted by molar-refractivity contribution is 0.0831. The third-order valence-electron chi connectivity index (χ3n) is 6.36. The lowest BCUT2D eigenvalue weighted by atomic mass is 10.2. The molecule has 0 atom stereocenters. The van der Waals surface area contributed by atoms with Gasteiger partial charge >= 0.3 is 6.09 Å². The van der Waals surface area contributed by atoms with E-state index in [1.807, 2.05) is 67.2 Å². The molecule has 4 heterocycles. The maximum absolute atomic E-state index is 12.7. The molecule has 0 fully saturated rings. The van der Waals surface area contributed by atoms with Crippen molar-refractivity contribution in [3.63, 3.8) is 0 Å². The highest BCUT2D eigenvalue weighted by molar-refractivity contribution is 7.18. The fourth-order valence-corrected chi connectivity index (χ4v) is 5.36. The number of nitrogens with zero attached hydrogens (tertiary/aromatic N) is 7. The van der Waals surface area contributed by atoms with E-state index in [-0.39, 0.29) is 12.5 Å². The quantitative estimate of drug-likeness (QED) is 0.201. The molecule has 12 nitrogen and oxygen atoms in total. The molecule has 5 rings (SSSR count). The first-order chi connectivity index (χ1) is 19.7. The number of aryl methyl sites for hydroxylation is 2. The topological polar surface area (TPSA) is 136 Å². The van der Waals surface area contributed by atoms with Crippen LogP contribution < -0.4 is 16.2 Å². The Labute approximate surface area is 241 Å². The molecule has 41 heavy (non-hydrogen) atoms. The average molecular weight is 574 g/mol. The summed E-state index contributed by atoms with van der Waals surface area (Å²) in [5.74, 6) is 6.95. The van der Waals surface area contributed by atoms with Gasteiger partial charge in [-0.3, -0.25) is 13.9 Å². The van der Waals surface area contributed by atoms with E-state index in [0.717, 1.165) is 22.4 Å². The number of carbonyl (C=O) groups is 2. The predicted octanol–water partition coefficient (Wildman–Crippen LogP) is 3.68. The van der Waals surface area contributed by atoms with Crippen LogP contribution in [0.2, 0.25) is 0 Å². The van der Waals surface area contributed by atoms with Crippen LogP contribution in [0.15, 0.2) is 61.2 Å². The summed E-state index contributed by atoms with van der Waals surface area (Å²) in [5, 5.41) is 9.17. The SMILES string of the molecule is Cc1cc(N(N)c2nc(CCNC(=O)OCc3ccccc3)cn3c(-c4cnn(C)c4)cnc23)sc1C(=O)N(C)C. The van der Waals surface area contributed by atoms with E-state index < -0.39 is 6.09 Å². The Bertz CT molecular complexity index is 1690. The summed E-state index contributed by atoms with van der Waals surface area (Å²) in [4.78, 5) is 36.5. The Morgan fingerprint density at radius 2 is 1.93 bits per heavy atom. The van der Waals surface area contributed by atoms with Gasteiger partial charge < -0.3 is 15.0 Å². The number of hydrazine groups is 1. The van der Waals surface area contributed by atoms with Crippen molar-refractivity contribution in [2.75, 3.05) is 25.6 Å². The van der Waals surface area contributed by atoms with Crippen molar-refractivity contribution in [2.24, 2.45) is 12.9 Å². The van der Waals surface area contributed by atoms with Gasteiger partial charge in [-0.15, -0.1) is 11.3 Å². The molecule has 0 unspecified atom stereocenters. The number of imidazole rings is 1. The lowest BCUT2D eigenvalue weighted by Gasteiger charge is -2.18. The van der Waals surface area contributed by atoms with Crippen LogP contribution in [0.1, 0.15) is 26.5 Å². The van der Waals surface area contributed by atoms with Crippen LogP contribution in [-0.2, 0) is 24.8 Å². The second kappa shape index (κ2) is 11.8. The number of aromatic nitrogens is 5. The molecule has 0 aliphatic heterocycles. The Morgan fingerprint density at radius 3 is 2.63 bits per heavy atom. The summed E-state index contributed by atoms with van der Waals surface area (Å²) in [6, 6.07) is 11.3. The molecule has 13 heteroatoms. The molecule has 0 saturated carbocycles. The number of hydrogen-bond donors (Lipinski definition) is 2. The van der Waals surface area contributed by atoms with Gasteiger partial charge in [-0.25, -0.2) is 25.6 Å². The molecule has 3 N–H and O–H groups in total. The number of rotatable bonds is 9. The maximum atomic E-state index is 12.7. The first-order valence-electron chi connectivity index (χ1n) is 12.9. The molecule has 0 radical (unpaired) electrons. The molecular formula is C28H31N9O3S. The van der Waals surface area contributed by atoms with E-state index in [2.05, 4.69) is 15.4 Å². The Balaban J connectivity index is 1.42. The van der Waals surface area contributed by atoms with E-state index in [0.29, 0.717) is 40.0 Å². The van der Waals surface area contributed by atoms with Gasteiger partial charge in [0.1, 0.15) is 11.6 Å². The van der Waals surface area contributed by atoms with Crippen LogP contribution in [0.5, 0.6) is 0 Å². The number of thiophene rings is 1. The number of nitrogens with two attached hydrogens (primary N) is 1. The molecule has 5 aromatic rings. The zero-order valence-corrected chi connectivity index (χ0v) is 24.1. The first-order valence-corrected chi connectivity index (χ1v) is 13.7. The van der Waals surface area contributed by atoms with Crippen LogP contribution in [-0.4, -0.2) is 61.7 Å². The monoisotopic (exact) mass is 573 g/mol. The number of nitrogens with one attached hydrogen (secondary N) is 1. The second-order valence-corrected chi connectivity index (χ2v) is 10.7. The third-order valence-corrected chi connectivity index (χ3v) is 7.58. The van der Waals surface area contributed by atoms with Crippen molar-refractivity contribution in [3.8, 4) is 11.3 Å². The summed E-state index contributed by atoms with van der Waals surface area (Å²) in [6.45, 7) is 2.36. The van der Waals surface area contributed by atoms with Crippen molar-refractivity contribution in [2.45, 2.75) is 20.0 Å². The van der Waals surface area contributed by atoms with Crippen LogP contribution in [0.3, 0.4) is 0 Å². The van der Waals surface area contributed by atoms with Crippen LogP contribution in [0, 0.1) is 6.92 Å². The number of anilines is 2. The van der Waals surface area contributed by atoms with E-state index in [1.54, 1.807) is 31.2 Å². The first kappa shape index (κ1) is 27.8.